The summed E-state index contributed by atoms with van der Waals surface area (Å²) >= 11 is 0. The Kier molecular flexibility index (Phi) is 5.18. The summed E-state index contributed by atoms with van der Waals surface area (Å²) in [6.07, 6.45) is 0. The molecule has 0 radical (unpaired) electrons. The number of aromatic nitrogens is 2. The van der Waals surface area contributed by atoms with Crippen molar-refractivity contribution in [3.8, 4) is 11.5 Å². The third-order valence-corrected chi connectivity index (χ3v) is 3.75. The van der Waals surface area contributed by atoms with Crippen molar-refractivity contribution >= 4 is 17.0 Å². The van der Waals surface area contributed by atoms with Gasteiger partial charge in [0.25, 0.3) is 0 Å². The summed E-state index contributed by atoms with van der Waals surface area (Å²) < 4.78 is 17.8. The summed E-state index contributed by atoms with van der Waals surface area (Å²) in [6, 6.07) is 15.0. The van der Waals surface area contributed by atoms with Gasteiger partial charge in [0.15, 0.2) is 0 Å². The quantitative estimate of drug-likeness (QED) is 0.618. The number of para-hydroxylation sites is 2. The number of carbonyl (C=O) groups is 1. The van der Waals surface area contributed by atoms with Crippen molar-refractivity contribution in [1.82, 2.24) is 9.55 Å². The van der Waals surface area contributed by atoms with Gasteiger partial charge in [-0.05, 0) is 43.3 Å². The lowest BCUT2D eigenvalue weighted by molar-refractivity contribution is -0.143. The normalized spacial score (nSPS) is 10.6. The van der Waals surface area contributed by atoms with E-state index in [0.717, 1.165) is 16.8 Å². The van der Waals surface area contributed by atoms with Crippen LogP contribution < -0.4 is 9.47 Å². The molecule has 0 atom stereocenters. The van der Waals surface area contributed by atoms with E-state index in [0.29, 0.717) is 18.2 Å². The van der Waals surface area contributed by atoms with Crippen LogP contribution in [0.4, 0.5) is 0 Å². The fourth-order valence-electron chi connectivity index (χ4n) is 2.57. The Hall–Kier alpha value is -3.02. The minimum atomic E-state index is -0.295. The molecule has 0 aliphatic rings. The predicted molar refractivity (Wildman–Crippen MR) is 93.7 cm³/mol. The number of nitrogens with zero attached hydrogens (tertiary/aromatic N) is 2. The molecular weight excluding hydrogens is 320 g/mol. The van der Waals surface area contributed by atoms with E-state index in [1.165, 1.54) is 0 Å². The number of hydrogen-bond acceptors (Lipinski definition) is 5. The van der Waals surface area contributed by atoms with Crippen LogP contribution in [0.2, 0.25) is 0 Å². The SMILES string of the molecule is CCOC(=O)Cn1c(COc2ccc(OC)cc2)nc2ccccc21. The largest absolute Gasteiger partial charge is 0.497 e. The van der Waals surface area contributed by atoms with E-state index < -0.39 is 0 Å². The highest BCUT2D eigenvalue weighted by Crippen LogP contribution is 2.20. The number of carbonyl (C=O) groups excluding carboxylic acids is 1. The maximum absolute atomic E-state index is 11.9. The zero-order chi connectivity index (χ0) is 17.6. The number of methoxy groups -OCH3 is 1. The van der Waals surface area contributed by atoms with Crippen molar-refractivity contribution < 1.29 is 19.0 Å². The molecule has 6 heteroatoms. The average Bonchev–Trinajstić information content (AvgIpc) is 2.98. The highest BCUT2D eigenvalue weighted by atomic mass is 16.5. The van der Waals surface area contributed by atoms with Gasteiger partial charge < -0.3 is 18.8 Å². The Morgan fingerprint density at radius 2 is 1.80 bits per heavy atom. The standard InChI is InChI=1S/C19H20N2O4/c1-3-24-19(22)12-21-17-7-5-4-6-16(17)20-18(21)13-25-15-10-8-14(23-2)9-11-15/h4-11H,3,12-13H2,1-2H3. The van der Waals surface area contributed by atoms with Gasteiger partial charge in [-0.15, -0.1) is 0 Å². The molecule has 0 amide bonds. The Balaban J connectivity index is 1.82. The number of esters is 1. The number of rotatable bonds is 7. The Morgan fingerprint density at radius 1 is 1.08 bits per heavy atom. The van der Waals surface area contributed by atoms with E-state index in [4.69, 9.17) is 14.2 Å². The fourth-order valence-corrected chi connectivity index (χ4v) is 2.57. The maximum atomic E-state index is 11.9. The van der Waals surface area contributed by atoms with Crippen LogP contribution in [0.5, 0.6) is 11.5 Å². The number of ether oxygens (including phenoxy) is 3. The van der Waals surface area contributed by atoms with Gasteiger partial charge in [0.05, 0.1) is 24.8 Å². The lowest BCUT2D eigenvalue weighted by Gasteiger charge is -2.10. The van der Waals surface area contributed by atoms with Gasteiger partial charge >= 0.3 is 5.97 Å². The molecule has 3 rings (SSSR count). The van der Waals surface area contributed by atoms with Crippen LogP contribution in [-0.2, 0) is 22.7 Å². The minimum absolute atomic E-state index is 0.107. The molecule has 6 nitrogen and oxygen atoms in total. The number of hydrogen-bond donors (Lipinski definition) is 0. The summed E-state index contributed by atoms with van der Waals surface area (Å²) in [5, 5.41) is 0. The number of benzene rings is 2. The van der Waals surface area contributed by atoms with Gasteiger partial charge in [-0.3, -0.25) is 4.79 Å². The van der Waals surface area contributed by atoms with E-state index in [-0.39, 0.29) is 19.1 Å². The third-order valence-electron chi connectivity index (χ3n) is 3.75. The molecule has 0 saturated heterocycles. The summed E-state index contributed by atoms with van der Waals surface area (Å²) in [7, 11) is 1.62. The molecular formula is C19H20N2O4. The van der Waals surface area contributed by atoms with Crippen molar-refractivity contribution in [2.24, 2.45) is 0 Å². The number of fused-ring (bicyclic) bond motifs is 1. The fraction of sp³-hybridized carbons (Fsp3) is 0.263. The summed E-state index contributed by atoms with van der Waals surface area (Å²) in [5.41, 5.74) is 1.70. The van der Waals surface area contributed by atoms with Gasteiger partial charge in [-0.25, -0.2) is 4.98 Å². The molecule has 3 aromatic rings. The Morgan fingerprint density at radius 3 is 2.52 bits per heavy atom. The first-order valence-corrected chi connectivity index (χ1v) is 8.08. The second kappa shape index (κ2) is 7.70. The van der Waals surface area contributed by atoms with Crippen LogP contribution in [0.1, 0.15) is 12.7 Å². The molecule has 0 bridgehead atoms. The first kappa shape index (κ1) is 16.8. The van der Waals surface area contributed by atoms with E-state index >= 15 is 0 Å². The van der Waals surface area contributed by atoms with E-state index in [2.05, 4.69) is 4.98 Å². The maximum Gasteiger partial charge on any atom is 0.326 e. The molecule has 1 heterocycles. The van der Waals surface area contributed by atoms with Gasteiger partial charge in [0, 0.05) is 0 Å². The monoisotopic (exact) mass is 340 g/mol. The van der Waals surface area contributed by atoms with Crippen LogP contribution in [0.15, 0.2) is 48.5 Å². The molecule has 0 aliphatic carbocycles. The van der Waals surface area contributed by atoms with Crippen molar-refractivity contribution in [2.75, 3.05) is 13.7 Å². The van der Waals surface area contributed by atoms with Crippen molar-refractivity contribution in [3.63, 3.8) is 0 Å². The molecule has 0 fully saturated rings. The highest BCUT2D eigenvalue weighted by Gasteiger charge is 2.14. The van der Waals surface area contributed by atoms with Crippen molar-refractivity contribution in [3.05, 3.63) is 54.4 Å². The lowest BCUT2D eigenvalue weighted by Crippen LogP contribution is -2.16. The molecule has 0 N–H and O–H groups in total. The predicted octanol–water partition coefficient (Wildman–Crippen LogP) is 3.19. The number of imidazole rings is 1. The second-order valence-electron chi connectivity index (χ2n) is 5.37. The van der Waals surface area contributed by atoms with Crippen LogP contribution in [-0.4, -0.2) is 29.2 Å². The van der Waals surface area contributed by atoms with Gasteiger partial charge in [0.1, 0.15) is 30.5 Å². The van der Waals surface area contributed by atoms with Crippen LogP contribution >= 0.6 is 0 Å². The molecule has 2 aromatic carbocycles. The van der Waals surface area contributed by atoms with Gasteiger partial charge in [-0.1, -0.05) is 12.1 Å². The molecule has 0 spiro atoms. The summed E-state index contributed by atoms with van der Waals surface area (Å²) in [5.74, 6) is 1.85. The van der Waals surface area contributed by atoms with E-state index in [9.17, 15) is 4.79 Å². The molecule has 25 heavy (non-hydrogen) atoms. The molecule has 0 unspecified atom stereocenters. The second-order valence-corrected chi connectivity index (χ2v) is 5.37. The van der Waals surface area contributed by atoms with Gasteiger partial charge in [-0.2, -0.15) is 0 Å². The highest BCUT2D eigenvalue weighted by molar-refractivity contribution is 5.78. The Bertz CT molecular complexity index is 855. The smallest absolute Gasteiger partial charge is 0.326 e. The molecule has 130 valence electrons. The molecule has 0 aliphatic heterocycles. The van der Waals surface area contributed by atoms with Crippen LogP contribution in [0.25, 0.3) is 11.0 Å². The van der Waals surface area contributed by atoms with E-state index in [1.807, 2.05) is 53.1 Å². The van der Waals surface area contributed by atoms with Gasteiger partial charge in [0.2, 0.25) is 0 Å². The van der Waals surface area contributed by atoms with E-state index in [1.54, 1.807) is 14.0 Å². The lowest BCUT2D eigenvalue weighted by atomic mass is 10.3. The van der Waals surface area contributed by atoms with Crippen molar-refractivity contribution in [1.29, 1.82) is 0 Å². The zero-order valence-electron chi connectivity index (χ0n) is 14.3. The third kappa shape index (κ3) is 3.91. The first-order chi connectivity index (χ1) is 12.2. The van der Waals surface area contributed by atoms with Crippen LogP contribution in [0.3, 0.4) is 0 Å². The topological polar surface area (TPSA) is 62.6 Å². The minimum Gasteiger partial charge on any atom is -0.497 e. The summed E-state index contributed by atoms with van der Waals surface area (Å²) in [6.45, 7) is 2.50. The van der Waals surface area contributed by atoms with Crippen molar-refractivity contribution in [2.45, 2.75) is 20.1 Å². The zero-order valence-corrected chi connectivity index (χ0v) is 14.3. The Labute approximate surface area is 146 Å². The summed E-state index contributed by atoms with van der Waals surface area (Å²) in [4.78, 5) is 16.5. The average molecular weight is 340 g/mol. The molecule has 0 saturated carbocycles. The van der Waals surface area contributed by atoms with Crippen LogP contribution in [0, 0.1) is 0 Å². The first-order valence-electron chi connectivity index (χ1n) is 8.08. The molecule has 1 aromatic heterocycles.